The number of benzene rings is 2. The van der Waals surface area contributed by atoms with Gasteiger partial charge in [0.15, 0.2) is 0 Å². The van der Waals surface area contributed by atoms with Gasteiger partial charge in [-0.05, 0) is 25.1 Å². The number of carbonyl (C=O) groups is 3. The number of nitrogens with one attached hydrogen (secondary N) is 2. The molecule has 0 aromatic heterocycles. The Morgan fingerprint density at radius 3 is 2.31 bits per heavy atom. The maximum atomic E-state index is 12.5. The van der Waals surface area contributed by atoms with Gasteiger partial charge in [0, 0.05) is 16.8 Å². The average molecular weight is 351 g/mol. The molecule has 3 amide bonds. The highest BCUT2D eigenvalue weighted by Crippen LogP contribution is 2.32. The van der Waals surface area contributed by atoms with Gasteiger partial charge in [-0.3, -0.25) is 30.1 Å². The van der Waals surface area contributed by atoms with Gasteiger partial charge < -0.3 is 5.11 Å². The zero-order valence-corrected chi connectivity index (χ0v) is 14.0. The monoisotopic (exact) mass is 351 g/mol. The Morgan fingerprint density at radius 2 is 1.65 bits per heavy atom. The van der Waals surface area contributed by atoms with Gasteiger partial charge in [0.25, 0.3) is 17.7 Å². The minimum absolute atomic E-state index is 0.0227. The van der Waals surface area contributed by atoms with Crippen molar-refractivity contribution in [2.45, 2.75) is 13.0 Å². The van der Waals surface area contributed by atoms with E-state index in [4.69, 9.17) is 0 Å². The van der Waals surface area contributed by atoms with E-state index in [0.29, 0.717) is 16.8 Å². The smallest absolute Gasteiger partial charge is 0.273 e. The number of phenols is 1. The van der Waals surface area contributed by atoms with Crippen molar-refractivity contribution in [2.24, 2.45) is 0 Å². The molecule has 2 aromatic carbocycles. The first-order valence-electron chi connectivity index (χ1n) is 7.92. The third kappa shape index (κ3) is 2.90. The highest BCUT2D eigenvalue weighted by atomic mass is 16.3. The van der Waals surface area contributed by atoms with Crippen molar-refractivity contribution in [1.82, 2.24) is 15.8 Å². The third-order valence-corrected chi connectivity index (χ3v) is 4.19. The summed E-state index contributed by atoms with van der Waals surface area (Å²) in [6.07, 6.45) is 0. The van der Waals surface area contributed by atoms with Crippen molar-refractivity contribution in [2.75, 3.05) is 0 Å². The maximum absolute atomic E-state index is 12.5. The molecule has 0 spiro atoms. The molecule has 0 fully saturated rings. The lowest BCUT2D eigenvalue weighted by atomic mass is 10.1. The fraction of sp³-hybridized carbons (Fsp3) is 0.105. The zero-order chi connectivity index (χ0) is 18.8. The van der Waals surface area contributed by atoms with Gasteiger partial charge in [-0.25, -0.2) is 0 Å². The van der Waals surface area contributed by atoms with Crippen LogP contribution in [0.25, 0.3) is 5.70 Å². The van der Waals surface area contributed by atoms with E-state index < -0.39 is 17.9 Å². The Balaban J connectivity index is 1.68. The number of carbonyl (C=O) groups excluding carboxylic acids is 3. The molecule has 0 unspecified atom stereocenters. The summed E-state index contributed by atoms with van der Waals surface area (Å²) in [5.74, 6) is -1.78. The predicted octanol–water partition coefficient (Wildman–Crippen LogP) is 1.67. The number of rotatable bonds is 3. The number of hydrogen-bond acceptors (Lipinski definition) is 4. The van der Waals surface area contributed by atoms with Gasteiger partial charge in [0.05, 0.1) is 5.56 Å². The molecule has 7 heteroatoms. The van der Waals surface area contributed by atoms with Crippen LogP contribution in [0.4, 0.5) is 0 Å². The minimum Gasteiger partial charge on any atom is -0.507 e. The second kappa shape index (κ2) is 6.72. The van der Waals surface area contributed by atoms with Crippen LogP contribution in [0, 0.1) is 0 Å². The molecule has 3 rings (SSSR count). The van der Waals surface area contributed by atoms with Crippen molar-refractivity contribution >= 4 is 23.4 Å². The first kappa shape index (κ1) is 17.2. The summed E-state index contributed by atoms with van der Waals surface area (Å²) >= 11 is 0. The summed E-state index contributed by atoms with van der Waals surface area (Å²) in [6, 6.07) is 12.0. The first-order chi connectivity index (χ1) is 12.4. The Bertz CT molecular complexity index is 888. The van der Waals surface area contributed by atoms with E-state index >= 15 is 0 Å². The lowest BCUT2D eigenvalue weighted by Gasteiger charge is -2.24. The van der Waals surface area contributed by atoms with E-state index in [9.17, 15) is 19.5 Å². The second-order valence-corrected chi connectivity index (χ2v) is 5.80. The summed E-state index contributed by atoms with van der Waals surface area (Å²) < 4.78 is 0. The van der Waals surface area contributed by atoms with Crippen molar-refractivity contribution in [3.63, 3.8) is 0 Å². The van der Waals surface area contributed by atoms with Crippen LogP contribution in [0.3, 0.4) is 0 Å². The lowest BCUT2D eigenvalue weighted by molar-refractivity contribution is -0.125. The zero-order valence-electron chi connectivity index (χ0n) is 14.0. The number of hydrogen-bond donors (Lipinski definition) is 3. The van der Waals surface area contributed by atoms with Crippen LogP contribution in [0.5, 0.6) is 5.75 Å². The number of nitrogens with zero attached hydrogens (tertiary/aromatic N) is 1. The normalized spacial score (nSPS) is 14.0. The number of aromatic hydroxyl groups is 1. The van der Waals surface area contributed by atoms with Gasteiger partial charge in [-0.2, -0.15) is 0 Å². The summed E-state index contributed by atoms with van der Waals surface area (Å²) in [5.41, 5.74) is 6.11. The summed E-state index contributed by atoms with van der Waals surface area (Å²) in [7, 11) is 0. The van der Waals surface area contributed by atoms with Crippen LogP contribution in [-0.4, -0.2) is 33.8 Å². The van der Waals surface area contributed by atoms with Crippen molar-refractivity contribution in [1.29, 1.82) is 0 Å². The standard InChI is InChI=1S/C19H17N3O4/c1-11-13-7-3-4-8-14(13)19(26)22(11)12(2)17(24)20-21-18(25)15-9-5-6-10-16(15)23/h3-10,12,23H,1H2,2H3,(H,20,24)(H,21,25)/t12-/m1/s1. The molecule has 1 aliphatic heterocycles. The number of fused-ring (bicyclic) bond motifs is 1. The highest BCUT2D eigenvalue weighted by molar-refractivity contribution is 6.11. The molecule has 0 aliphatic carbocycles. The Morgan fingerprint density at radius 1 is 1.04 bits per heavy atom. The van der Waals surface area contributed by atoms with Crippen LogP contribution in [0.15, 0.2) is 55.1 Å². The second-order valence-electron chi connectivity index (χ2n) is 5.80. The molecule has 26 heavy (non-hydrogen) atoms. The number of phenolic OH excluding ortho intramolecular Hbond substituents is 1. The Kier molecular flexibility index (Phi) is 4.45. The fourth-order valence-electron chi connectivity index (χ4n) is 2.79. The quantitative estimate of drug-likeness (QED) is 0.733. The van der Waals surface area contributed by atoms with Crippen LogP contribution in [0.1, 0.15) is 33.2 Å². The molecule has 1 aliphatic rings. The number of amides is 3. The molecule has 2 aromatic rings. The molecule has 3 N–H and O–H groups in total. The minimum atomic E-state index is -0.882. The topological polar surface area (TPSA) is 98.7 Å². The molecular weight excluding hydrogens is 334 g/mol. The van der Waals surface area contributed by atoms with Gasteiger partial charge in [0.1, 0.15) is 11.8 Å². The summed E-state index contributed by atoms with van der Waals surface area (Å²) in [4.78, 5) is 38.2. The molecular formula is C19H17N3O4. The molecule has 0 radical (unpaired) electrons. The third-order valence-electron chi connectivity index (χ3n) is 4.19. The Hall–Kier alpha value is -3.61. The largest absolute Gasteiger partial charge is 0.507 e. The van der Waals surface area contributed by atoms with Gasteiger partial charge >= 0.3 is 0 Å². The molecule has 1 atom stereocenters. The van der Waals surface area contributed by atoms with Gasteiger partial charge in [-0.1, -0.05) is 36.9 Å². The lowest BCUT2D eigenvalue weighted by Crippen LogP contribution is -2.51. The van der Waals surface area contributed by atoms with Crippen molar-refractivity contribution in [3.8, 4) is 5.75 Å². The average Bonchev–Trinajstić information content (AvgIpc) is 2.90. The highest BCUT2D eigenvalue weighted by Gasteiger charge is 2.36. The van der Waals surface area contributed by atoms with Crippen LogP contribution in [-0.2, 0) is 4.79 Å². The number of para-hydroxylation sites is 1. The molecule has 7 nitrogen and oxygen atoms in total. The van der Waals surface area contributed by atoms with Gasteiger partial charge in [-0.15, -0.1) is 0 Å². The SMILES string of the molecule is C=C1c2ccccc2C(=O)N1[C@H](C)C(=O)NNC(=O)c1ccccc1O. The molecule has 1 heterocycles. The van der Waals surface area contributed by atoms with E-state index in [-0.39, 0.29) is 17.2 Å². The van der Waals surface area contributed by atoms with Crippen LogP contribution in [0.2, 0.25) is 0 Å². The molecule has 0 saturated carbocycles. The van der Waals surface area contributed by atoms with Gasteiger partial charge in [0.2, 0.25) is 0 Å². The summed E-state index contributed by atoms with van der Waals surface area (Å²) in [6.45, 7) is 5.43. The summed E-state index contributed by atoms with van der Waals surface area (Å²) in [5, 5.41) is 9.66. The Labute approximate surface area is 149 Å². The molecule has 0 saturated heterocycles. The predicted molar refractivity (Wildman–Crippen MR) is 94.8 cm³/mol. The van der Waals surface area contributed by atoms with Crippen molar-refractivity contribution in [3.05, 3.63) is 71.8 Å². The molecule has 132 valence electrons. The van der Waals surface area contributed by atoms with E-state index in [2.05, 4.69) is 17.4 Å². The van der Waals surface area contributed by atoms with Crippen LogP contribution >= 0.6 is 0 Å². The van der Waals surface area contributed by atoms with Crippen molar-refractivity contribution < 1.29 is 19.5 Å². The van der Waals surface area contributed by atoms with E-state index in [0.717, 1.165) is 0 Å². The maximum Gasteiger partial charge on any atom is 0.273 e. The molecule has 0 bridgehead atoms. The fourth-order valence-corrected chi connectivity index (χ4v) is 2.79. The van der Waals surface area contributed by atoms with E-state index in [1.807, 2.05) is 0 Å². The van der Waals surface area contributed by atoms with E-state index in [1.165, 1.54) is 24.0 Å². The van der Waals surface area contributed by atoms with Crippen LogP contribution < -0.4 is 10.9 Å². The van der Waals surface area contributed by atoms with E-state index in [1.54, 1.807) is 36.4 Å². The number of hydrazine groups is 1. The first-order valence-corrected chi connectivity index (χ1v) is 7.92.